The minimum Gasteiger partial charge on any atom is -0.312 e. The summed E-state index contributed by atoms with van der Waals surface area (Å²) >= 11 is 1.54. The normalized spacial score (nSPS) is 11.2. The minimum atomic E-state index is -2.44. The number of halogens is 2. The molecule has 1 N–H and O–H groups in total. The second-order valence-electron chi connectivity index (χ2n) is 4.23. The maximum atomic E-state index is 12.6. The van der Waals surface area contributed by atoms with Crippen molar-refractivity contribution in [1.29, 1.82) is 0 Å². The van der Waals surface area contributed by atoms with Crippen molar-refractivity contribution < 1.29 is 8.78 Å². The lowest BCUT2D eigenvalue weighted by atomic mass is 10.1. The maximum Gasteiger partial charge on any atom is 0.263 e. The first-order chi connectivity index (χ1) is 9.20. The van der Waals surface area contributed by atoms with E-state index in [1.165, 1.54) is 23.5 Å². The molecule has 0 aliphatic rings. The lowest BCUT2D eigenvalue weighted by Crippen LogP contribution is -2.12. The van der Waals surface area contributed by atoms with E-state index in [1.807, 2.05) is 6.07 Å². The Balaban J connectivity index is 2.11. The number of nitrogens with zero attached hydrogens (tertiary/aromatic N) is 1. The first-order valence-electron chi connectivity index (χ1n) is 6.24. The fourth-order valence-corrected chi connectivity index (χ4v) is 2.60. The van der Waals surface area contributed by atoms with Gasteiger partial charge < -0.3 is 5.32 Å². The van der Waals surface area contributed by atoms with Gasteiger partial charge in [-0.2, -0.15) is 0 Å². The van der Waals surface area contributed by atoms with Crippen molar-refractivity contribution in [3.05, 3.63) is 40.9 Å². The van der Waals surface area contributed by atoms with Crippen LogP contribution in [0.25, 0.3) is 10.6 Å². The average molecular weight is 282 g/mol. The van der Waals surface area contributed by atoms with Gasteiger partial charge in [-0.1, -0.05) is 25.1 Å². The summed E-state index contributed by atoms with van der Waals surface area (Å²) in [5, 5.41) is 4.08. The number of rotatable bonds is 6. The van der Waals surface area contributed by atoms with Gasteiger partial charge in [0.1, 0.15) is 5.01 Å². The molecular weight excluding hydrogens is 266 g/mol. The lowest BCUT2D eigenvalue weighted by molar-refractivity contribution is 0.151. The third-order valence-electron chi connectivity index (χ3n) is 2.67. The van der Waals surface area contributed by atoms with Gasteiger partial charge in [0, 0.05) is 28.7 Å². The van der Waals surface area contributed by atoms with Gasteiger partial charge in [0.15, 0.2) is 0 Å². The Hall–Kier alpha value is -1.33. The van der Waals surface area contributed by atoms with Gasteiger partial charge in [-0.05, 0) is 19.0 Å². The molecule has 0 saturated carbocycles. The van der Waals surface area contributed by atoms with Crippen LogP contribution in [0.5, 0.6) is 0 Å². The summed E-state index contributed by atoms with van der Waals surface area (Å²) in [6, 6.07) is 6.40. The van der Waals surface area contributed by atoms with E-state index in [2.05, 4.69) is 17.2 Å². The zero-order chi connectivity index (χ0) is 13.7. The first kappa shape index (κ1) is 14.1. The van der Waals surface area contributed by atoms with Crippen LogP contribution in [0.3, 0.4) is 0 Å². The van der Waals surface area contributed by atoms with E-state index in [9.17, 15) is 8.78 Å². The number of alkyl halides is 2. The van der Waals surface area contributed by atoms with Crippen molar-refractivity contribution in [3.8, 4) is 10.6 Å². The van der Waals surface area contributed by atoms with Crippen molar-refractivity contribution in [1.82, 2.24) is 10.3 Å². The molecule has 0 aliphatic heterocycles. The monoisotopic (exact) mass is 282 g/mol. The van der Waals surface area contributed by atoms with E-state index in [1.54, 1.807) is 12.3 Å². The Labute approximate surface area is 115 Å². The number of aromatic nitrogens is 1. The smallest absolute Gasteiger partial charge is 0.263 e. The number of benzene rings is 1. The summed E-state index contributed by atoms with van der Waals surface area (Å²) < 4.78 is 25.3. The van der Waals surface area contributed by atoms with E-state index in [0.717, 1.165) is 35.0 Å². The van der Waals surface area contributed by atoms with Gasteiger partial charge in [0.25, 0.3) is 6.43 Å². The fraction of sp³-hybridized carbons (Fsp3) is 0.357. The van der Waals surface area contributed by atoms with E-state index in [-0.39, 0.29) is 5.56 Å². The molecule has 19 heavy (non-hydrogen) atoms. The van der Waals surface area contributed by atoms with Gasteiger partial charge in [-0.25, -0.2) is 13.8 Å². The number of hydrogen-bond donors (Lipinski definition) is 1. The Morgan fingerprint density at radius 3 is 2.95 bits per heavy atom. The molecule has 5 heteroatoms. The zero-order valence-electron chi connectivity index (χ0n) is 10.7. The van der Waals surface area contributed by atoms with Crippen LogP contribution in [0.1, 0.15) is 30.2 Å². The van der Waals surface area contributed by atoms with Gasteiger partial charge in [-0.15, -0.1) is 11.3 Å². The molecule has 1 aromatic heterocycles. The van der Waals surface area contributed by atoms with Crippen LogP contribution >= 0.6 is 11.3 Å². The highest BCUT2D eigenvalue weighted by Gasteiger charge is 2.10. The molecule has 1 aromatic carbocycles. The number of nitrogens with one attached hydrogen (secondary N) is 1. The van der Waals surface area contributed by atoms with Crippen molar-refractivity contribution >= 4 is 11.3 Å². The van der Waals surface area contributed by atoms with E-state index < -0.39 is 6.43 Å². The molecule has 0 amide bonds. The fourth-order valence-electron chi connectivity index (χ4n) is 1.72. The Kier molecular flexibility index (Phi) is 4.99. The van der Waals surface area contributed by atoms with Crippen molar-refractivity contribution in [2.45, 2.75) is 26.3 Å². The highest BCUT2D eigenvalue weighted by atomic mass is 32.1. The second kappa shape index (κ2) is 6.73. The molecule has 0 bridgehead atoms. The SMILES string of the molecule is CCCNCc1cnc(-c2cccc(C(F)F)c2)s1. The molecule has 0 unspecified atom stereocenters. The predicted octanol–water partition coefficient (Wildman–Crippen LogP) is 4.25. The molecule has 2 nitrogen and oxygen atoms in total. The molecule has 0 aliphatic carbocycles. The molecule has 0 spiro atoms. The minimum absolute atomic E-state index is 0.0401. The predicted molar refractivity (Wildman–Crippen MR) is 74.5 cm³/mol. The Bertz CT molecular complexity index is 526. The van der Waals surface area contributed by atoms with Crippen LogP contribution in [0.15, 0.2) is 30.5 Å². The van der Waals surface area contributed by atoms with Crippen LogP contribution in [0.2, 0.25) is 0 Å². The van der Waals surface area contributed by atoms with Gasteiger partial charge in [0.05, 0.1) is 0 Å². The highest BCUT2D eigenvalue weighted by molar-refractivity contribution is 7.15. The molecule has 0 atom stereocenters. The summed E-state index contributed by atoms with van der Waals surface area (Å²) in [4.78, 5) is 5.42. The van der Waals surface area contributed by atoms with Crippen LogP contribution < -0.4 is 5.32 Å². The van der Waals surface area contributed by atoms with Crippen molar-refractivity contribution in [3.63, 3.8) is 0 Å². The first-order valence-corrected chi connectivity index (χ1v) is 7.06. The standard InChI is InChI=1S/C14H16F2N2S/c1-2-6-17-8-12-9-18-14(19-12)11-5-3-4-10(7-11)13(15)16/h3-5,7,9,13,17H,2,6,8H2,1H3. The van der Waals surface area contributed by atoms with Crippen molar-refractivity contribution in [2.75, 3.05) is 6.54 Å². The summed E-state index contributed by atoms with van der Waals surface area (Å²) in [5.41, 5.74) is 0.794. The second-order valence-corrected chi connectivity index (χ2v) is 5.35. The van der Waals surface area contributed by atoms with Crippen LogP contribution in [0, 0.1) is 0 Å². The molecular formula is C14H16F2N2S. The maximum absolute atomic E-state index is 12.6. The topological polar surface area (TPSA) is 24.9 Å². The third kappa shape index (κ3) is 3.81. The van der Waals surface area contributed by atoms with Gasteiger partial charge in [-0.3, -0.25) is 0 Å². The van der Waals surface area contributed by atoms with E-state index in [0.29, 0.717) is 0 Å². The quantitative estimate of drug-likeness (QED) is 0.801. The van der Waals surface area contributed by atoms with Crippen molar-refractivity contribution in [2.24, 2.45) is 0 Å². The number of hydrogen-bond acceptors (Lipinski definition) is 3. The Morgan fingerprint density at radius 1 is 1.37 bits per heavy atom. The van der Waals surface area contributed by atoms with Crippen LogP contribution in [-0.2, 0) is 6.54 Å². The molecule has 0 fully saturated rings. The third-order valence-corrected chi connectivity index (χ3v) is 3.71. The highest BCUT2D eigenvalue weighted by Crippen LogP contribution is 2.28. The molecule has 102 valence electrons. The summed E-state index contributed by atoms with van der Waals surface area (Å²) in [7, 11) is 0. The van der Waals surface area contributed by atoms with Gasteiger partial charge >= 0.3 is 0 Å². The molecule has 2 aromatic rings. The molecule has 1 heterocycles. The lowest BCUT2D eigenvalue weighted by Gasteiger charge is -2.01. The van der Waals surface area contributed by atoms with E-state index in [4.69, 9.17) is 0 Å². The molecule has 2 rings (SSSR count). The Morgan fingerprint density at radius 2 is 2.21 bits per heavy atom. The molecule has 0 radical (unpaired) electrons. The number of thiazole rings is 1. The summed E-state index contributed by atoms with van der Waals surface area (Å²) in [6.07, 6.45) is 0.449. The average Bonchev–Trinajstić information content (AvgIpc) is 2.88. The van der Waals surface area contributed by atoms with Gasteiger partial charge in [0.2, 0.25) is 0 Å². The summed E-state index contributed by atoms with van der Waals surface area (Å²) in [5.74, 6) is 0. The van der Waals surface area contributed by atoms with Crippen LogP contribution in [0.4, 0.5) is 8.78 Å². The van der Waals surface area contributed by atoms with E-state index >= 15 is 0 Å². The zero-order valence-corrected chi connectivity index (χ0v) is 11.5. The molecule has 0 saturated heterocycles. The largest absolute Gasteiger partial charge is 0.312 e. The van der Waals surface area contributed by atoms with Crippen LogP contribution in [-0.4, -0.2) is 11.5 Å². The summed E-state index contributed by atoms with van der Waals surface area (Å²) in [6.45, 7) is 3.86.